The van der Waals surface area contributed by atoms with Crippen LogP contribution in [-0.2, 0) is 12.6 Å². The highest BCUT2D eigenvalue weighted by molar-refractivity contribution is 7.95. The molecule has 0 unspecified atom stereocenters. The molecular formula is C37H36N2O2P+. The standard InChI is InChI=1S/C37H35N2O2P/c1-2-29-18-20-36(40)31(24-29)26-38-22-23-39-27-32-25-30(19-21-37(32)41)28-42(33-12-6-3-7-13-33,34-14-8-4-9-15-34)35-16-10-5-11-17-35/h3-21,24-27H,2,22-23,28H2,1H3,(H-,38,39,40,41)/p+1. The Morgan fingerprint density at radius 3 is 1.38 bits per heavy atom. The molecule has 0 atom stereocenters. The minimum Gasteiger partial charge on any atom is -0.507 e. The number of aromatic hydroxyl groups is 2. The Morgan fingerprint density at radius 2 is 0.952 bits per heavy atom. The third-order valence-electron chi connectivity index (χ3n) is 7.42. The lowest BCUT2D eigenvalue weighted by molar-refractivity contribution is 0.473. The molecule has 5 aromatic carbocycles. The fourth-order valence-corrected chi connectivity index (χ4v) is 9.45. The molecular weight excluding hydrogens is 535 g/mol. The summed E-state index contributed by atoms with van der Waals surface area (Å²) >= 11 is 0. The van der Waals surface area contributed by atoms with Crippen molar-refractivity contribution in [1.29, 1.82) is 0 Å². The summed E-state index contributed by atoms with van der Waals surface area (Å²) in [7, 11) is -2.06. The molecule has 5 heteroatoms. The predicted molar refractivity (Wildman–Crippen MR) is 179 cm³/mol. The molecule has 0 fully saturated rings. The van der Waals surface area contributed by atoms with Crippen LogP contribution >= 0.6 is 7.26 Å². The van der Waals surface area contributed by atoms with Crippen molar-refractivity contribution >= 4 is 35.6 Å². The number of hydrogen-bond acceptors (Lipinski definition) is 4. The van der Waals surface area contributed by atoms with Crippen LogP contribution in [0.5, 0.6) is 11.5 Å². The van der Waals surface area contributed by atoms with Crippen LogP contribution in [0.15, 0.2) is 137 Å². The molecule has 4 nitrogen and oxygen atoms in total. The first-order valence-electron chi connectivity index (χ1n) is 14.3. The molecule has 0 aliphatic carbocycles. The maximum absolute atomic E-state index is 10.7. The van der Waals surface area contributed by atoms with Crippen molar-refractivity contribution in [2.24, 2.45) is 9.98 Å². The van der Waals surface area contributed by atoms with E-state index in [1.807, 2.05) is 18.2 Å². The molecule has 210 valence electrons. The van der Waals surface area contributed by atoms with Gasteiger partial charge in [-0.05, 0) is 78.2 Å². The van der Waals surface area contributed by atoms with Crippen molar-refractivity contribution in [2.75, 3.05) is 13.1 Å². The third kappa shape index (κ3) is 6.67. The minimum absolute atomic E-state index is 0.204. The number of nitrogens with zero attached hydrogens (tertiary/aromatic N) is 2. The molecule has 5 aromatic rings. The Kier molecular flexibility index (Phi) is 9.59. The summed E-state index contributed by atoms with van der Waals surface area (Å²) in [5.74, 6) is 0.428. The van der Waals surface area contributed by atoms with Crippen LogP contribution in [0.1, 0.15) is 29.2 Å². The number of phenolic OH excluding ortho intramolecular Hbond substituents is 2. The van der Waals surface area contributed by atoms with Gasteiger partial charge in [0, 0.05) is 23.6 Å². The number of benzene rings is 5. The lowest BCUT2D eigenvalue weighted by atomic mass is 10.1. The second-order valence-electron chi connectivity index (χ2n) is 10.2. The monoisotopic (exact) mass is 571 g/mol. The van der Waals surface area contributed by atoms with E-state index in [-0.39, 0.29) is 11.5 Å². The van der Waals surface area contributed by atoms with E-state index >= 15 is 0 Å². The van der Waals surface area contributed by atoms with Crippen molar-refractivity contribution in [1.82, 2.24) is 0 Å². The number of phenols is 2. The molecule has 0 spiro atoms. The van der Waals surface area contributed by atoms with Crippen molar-refractivity contribution in [3.05, 3.63) is 150 Å². The summed E-state index contributed by atoms with van der Waals surface area (Å²) in [5, 5.41) is 24.7. The van der Waals surface area contributed by atoms with Gasteiger partial charge in [0.05, 0.1) is 19.3 Å². The van der Waals surface area contributed by atoms with Gasteiger partial charge in [-0.2, -0.15) is 0 Å². The molecule has 5 rings (SSSR count). The Labute approximate surface area is 249 Å². The Morgan fingerprint density at radius 1 is 0.548 bits per heavy atom. The minimum atomic E-state index is -2.06. The van der Waals surface area contributed by atoms with Crippen molar-refractivity contribution < 1.29 is 10.2 Å². The SMILES string of the molecule is CCc1ccc(O)c(C=NCCN=Cc2cc(C[P+](c3ccccc3)(c3ccccc3)c3ccccc3)ccc2O)c1. The molecule has 42 heavy (non-hydrogen) atoms. The maximum atomic E-state index is 10.7. The topological polar surface area (TPSA) is 65.2 Å². The normalized spacial score (nSPS) is 11.8. The van der Waals surface area contributed by atoms with Crippen LogP contribution < -0.4 is 15.9 Å². The molecule has 0 radical (unpaired) electrons. The van der Waals surface area contributed by atoms with Gasteiger partial charge in [-0.3, -0.25) is 9.98 Å². The highest BCUT2D eigenvalue weighted by atomic mass is 31.2. The zero-order chi connectivity index (χ0) is 29.2. The average Bonchev–Trinajstić information content (AvgIpc) is 3.05. The zero-order valence-corrected chi connectivity index (χ0v) is 24.7. The van der Waals surface area contributed by atoms with E-state index in [9.17, 15) is 10.2 Å². The van der Waals surface area contributed by atoms with Crippen LogP contribution in [0, 0.1) is 0 Å². The number of aryl methyl sites for hydroxylation is 1. The number of aliphatic imine (C=N–C) groups is 2. The van der Waals surface area contributed by atoms with Gasteiger partial charge in [-0.25, -0.2) is 0 Å². The van der Waals surface area contributed by atoms with Gasteiger partial charge in [0.2, 0.25) is 0 Å². The predicted octanol–water partition coefficient (Wildman–Crippen LogP) is 6.69. The van der Waals surface area contributed by atoms with E-state index in [2.05, 4.69) is 114 Å². The molecule has 0 aliphatic heterocycles. The third-order valence-corrected chi connectivity index (χ3v) is 11.8. The summed E-state index contributed by atoms with van der Waals surface area (Å²) < 4.78 is 0. The van der Waals surface area contributed by atoms with E-state index in [4.69, 9.17) is 0 Å². The van der Waals surface area contributed by atoms with E-state index in [1.54, 1.807) is 24.6 Å². The first-order chi connectivity index (χ1) is 20.6. The molecule has 0 saturated carbocycles. The van der Waals surface area contributed by atoms with E-state index in [1.165, 1.54) is 15.9 Å². The van der Waals surface area contributed by atoms with Crippen LogP contribution in [0.25, 0.3) is 0 Å². The Bertz CT molecular complexity index is 1560. The highest BCUT2D eigenvalue weighted by Gasteiger charge is 2.45. The van der Waals surface area contributed by atoms with Crippen LogP contribution in [0.3, 0.4) is 0 Å². The maximum Gasteiger partial charge on any atom is 0.124 e. The van der Waals surface area contributed by atoms with Crippen molar-refractivity contribution in [3.63, 3.8) is 0 Å². The van der Waals surface area contributed by atoms with Gasteiger partial charge < -0.3 is 10.2 Å². The van der Waals surface area contributed by atoms with Crippen LogP contribution in [0.4, 0.5) is 0 Å². The molecule has 0 heterocycles. The van der Waals surface area contributed by atoms with Gasteiger partial charge in [0.15, 0.2) is 0 Å². The molecule has 0 bridgehead atoms. The molecule has 0 saturated heterocycles. The Balaban J connectivity index is 1.41. The summed E-state index contributed by atoms with van der Waals surface area (Å²) in [4.78, 5) is 8.99. The quantitative estimate of drug-likeness (QED) is 0.105. The average molecular weight is 572 g/mol. The summed E-state index contributed by atoms with van der Waals surface area (Å²) in [6, 6.07) is 43.8. The molecule has 0 aliphatic rings. The number of rotatable bonds is 11. The van der Waals surface area contributed by atoms with Gasteiger partial charge in [-0.1, -0.05) is 73.7 Å². The second kappa shape index (κ2) is 13.9. The smallest absolute Gasteiger partial charge is 0.124 e. The first-order valence-corrected chi connectivity index (χ1v) is 16.3. The van der Waals surface area contributed by atoms with E-state index in [0.717, 1.165) is 23.7 Å². The summed E-state index contributed by atoms with van der Waals surface area (Å²) in [5.41, 5.74) is 3.70. The van der Waals surface area contributed by atoms with Crippen molar-refractivity contribution in [3.8, 4) is 11.5 Å². The highest BCUT2D eigenvalue weighted by Crippen LogP contribution is 2.58. The van der Waals surface area contributed by atoms with Gasteiger partial charge >= 0.3 is 0 Å². The fraction of sp³-hybridized carbons (Fsp3) is 0.135. The largest absolute Gasteiger partial charge is 0.507 e. The van der Waals surface area contributed by atoms with Gasteiger partial charge in [-0.15, -0.1) is 0 Å². The summed E-state index contributed by atoms with van der Waals surface area (Å²) in [6.45, 7) is 3.04. The lowest BCUT2D eigenvalue weighted by Gasteiger charge is -2.28. The van der Waals surface area contributed by atoms with Crippen LogP contribution in [0.2, 0.25) is 0 Å². The second-order valence-corrected chi connectivity index (χ2v) is 13.7. The van der Waals surface area contributed by atoms with Crippen LogP contribution in [-0.4, -0.2) is 35.7 Å². The molecule has 0 amide bonds. The first kappa shape index (κ1) is 29.0. The van der Waals surface area contributed by atoms with Gasteiger partial charge in [0.1, 0.15) is 34.7 Å². The van der Waals surface area contributed by atoms with E-state index < -0.39 is 7.26 Å². The summed E-state index contributed by atoms with van der Waals surface area (Å²) in [6.07, 6.45) is 5.15. The molecule has 2 N–H and O–H groups in total. The number of hydrogen-bond donors (Lipinski definition) is 2. The van der Waals surface area contributed by atoms with Gasteiger partial charge in [0.25, 0.3) is 0 Å². The fourth-order valence-electron chi connectivity index (χ4n) is 5.22. The zero-order valence-electron chi connectivity index (χ0n) is 23.8. The molecule has 0 aromatic heterocycles. The van der Waals surface area contributed by atoms with E-state index in [0.29, 0.717) is 24.2 Å². The Hall–Kier alpha value is -4.53. The van der Waals surface area contributed by atoms with Crippen molar-refractivity contribution in [2.45, 2.75) is 19.5 Å². The lowest BCUT2D eigenvalue weighted by Crippen LogP contribution is -2.32.